The van der Waals surface area contributed by atoms with Crippen molar-refractivity contribution in [3.05, 3.63) is 60.2 Å². The molecule has 2 aromatic heterocycles. The van der Waals surface area contributed by atoms with Crippen LogP contribution in [0, 0.1) is 6.92 Å². The van der Waals surface area contributed by atoms with Gasteiger partial charge in [0.25, 0.3) is 0 Å². The van der Waals surface area contributed by atoms with E-state index in [0.29, 0.717) is 31.3 Å². The Morgan fingerprint density at radius 1 is 1.15 bits per heavy atom. The van der Waals surface area contributed by atoms with Crippen LogP contribution in [-0.2, 0) is 16.0 Å². The first-order valence-electron chi connectivity index (χ1n) is 13.0. The molecule has 0 bridgehead atoms. The van der Waals surface area contributed by atoms with E-state index < -0.39 is 11.9 Å². The van der Waals surface area contributed by atoms with Crippen molar-refractivity contribution >= 4 is 28.5 Å². The molecule has 39 heavy (non-hydrogen) atoms. The molecule has 0 aliphatic rings. The smallest absolute Gasteiger partial charge is 0.328 e. The lowest BCUT2D eigenvalue weighted by Crippen LogP contribution is -2.17. The summed E-state index contributed by atoms with van der Waals surface area (Å²) in [7, 11) is 1.69. The predicted octanol–water partition coefficient (Wildman–Crippen LogP) is 5.19. The van der Waals surface area contributed by atoms with Crippen LogP contribution in [0.4, 0.5) is 5.69 Å². The summed E-state index contributed by atoms with van der Waals surface area (Å²) in [6.07, 6.45) is 10.8. The first-order valence-corrected chi connectivity index (χ1v) is 13.0. The minimum absolute atomic E-state index is 0.291. The number of carboxylic acid groups (broad SMARTS) is 2. The molecule has 0 aliphatic carbocycles. The van der Waals surface area contributed by atoms with Gasteiger partial charge < -0.3 is 35.2 Å². The highest BCUT2D eigenvalue weighted by atomic mass is 16.5. The molecule has 3 aromatic rings. The average molecular weight is 542 g/mol. The molecule has 10 heteroatoms. The number of ether oxygens (including phenoxy) is 2. The van der Waals surface area contributed by atoms with Crippen LogP contribution >= 0.6 is 0 Å². The Morgan fingerprint density at radius 2 is 1.90 bits per heavy atom. The number of carbonyl (C=O) groups is 2. The number of furan rings is 1. The van der Waals surface area contributed by atoms with Crippen LogP contribution in [-0.4, -0.2) is 53.4 Å². The third kappa shape index (κ3) is 10.7. The third-order valence-electron chi connectivity index (χ3n) is 5.87. The van der Waals surface area contributed by atoms with Crippen molar-refractivity contribution in [2.75, 3.05) is 25.6 Å². The summed E-state index contributed by atoms with van der Waals surface area (Å²) in [5, 5.41) is 20.2. The number of carboxylic acids is 2. The summed E-state index contributed by atoms with van der Waals surface area (Å²) in [6, 6.07) is 8.26. The van der Waals surface area contributed by atoms with Crippen molar-refractivity contribution in [2.45, 2.75) is 58.4 Å². The largest absolute Gasteiger partial charge is 0.493 e. The number of fused-ring (bicyclic) bond motifs is 1. The Hall–Kier alpha value is -4.05. The second-order valence-corrected chi connectivity index (χ2v) is 9.03. The Morgan fingerprint density at radius 3 is 2.51 bits per heavy atom. The first kappa shape index (κ1) is 31.2. The number of pyridine rings is 1. The van der Waals surface area contributed by atoms with E-state index in [1.54, 1.807) is 13.4 Å². The molecule has 1 unspecified atom stereocenters. The van der Waals surface area contributed by atoms with Crippen LogP contribution in [0.2, 0.25) is 0 Å². The fraction of sp³-hybridized carbons (Fsp3) is 0.414. The second kappa shape index (κ2) is 16.7. The number of nitrogens with zero attached hydrogens (tertiary/aromatic N) is 1. The van der Waals surface area contributed by atoms with Gasteiger partial charge in [0.1, 0.15) is 5.76 Å². The molecule has 1 aromatic carbocycles. The molecule has 2 heterocycles. The van der Waals surface area contributed by atoms with E-state index in [1.807, 2.05) is 30.5 Å². The number of aryl methyl sites for hydroxylation is 2. The Balaban J connectivity index is 0.000000580. The molecule has 0 saturated carbocycles. The third-order valence-corrected chi connectivity index (χ3v) is 5.87. The van der Waals surface area contributed by atoms with Crippen molar-refractivity contribution in [3.8, 4) is 11.5 Å². The monoisotopic (exact) mass is 541 g/mol. The number of aliphatic carboxylic acids is 2. The normalized spacial score (nSPS) is 11.6. The number of hydrogen-bond donors (Lipinski definition) is 4. The van der Waals surface area contributed by atoms with Gasteiger partial charge in [-0.1, -0.05) is 0 Å². The highest BCUT2D eigenvalue weighted by Gasteiger charge is 2.18. The zero-order valence-electron chi connectivity index (χ0n) is 22.8. The van der Waals surface area contributed by atoms with Crippen LogP contribution < -0.4 is 20.5 Å². The number of anilines is 1. The molecule has 0 radical (unpaired) electrons. The molecule has 0 fully saturated rings. The van der Waals surface area contributed by atoms with Crippen molar-refractivity contribution in [3.63, 3.8) is 0 Å². The minimum Gasteiger partial charge on any atom is -0.493 e. The fourth-order valence-electron chi connectivity index (χ4n) is 3.95. The number of unbranched alkanes of at least 4 members (excludes halogenated alkanes) is 2. The van der Waals surface area contributed by atoms with Gasteiger partial charge in [0.15, 0.2) is 11.5 Å². The van der Waals surface area contributed by atoms with Crippen LogP contribution in [0.3, 0.4) is 0 Å². The molecule has 212 valence electrons. The van der Waals surface area contributed by atoms with Gasteiger partial charge in [-0.05, 0) is 76.3 Å². The summed E-state index contributed by atoms with van der Waals surface area (Å²) in [6.45, 7) is 5.58. The van der Waals surface area contributed by atoms with Gasteiger partial charge in [-0.3, -0.25) is 4.98 Å². The standard InChI is InChI=1S/C25H35N3O3.C4H4O4/c1-18-12-14-27-24-21(28-19(2)9-7-13-26)17-22(29-3)25(23(18)24)31-15-6-4-5-10-20-11-8-16-30-20;5-3(6)1-2-4(7)8/h8,11-12,14,16-17,19,28H,4-7,9-10,13,15,26H2,1-3H3;1-2H,(H,5,6)(H,7,8). The molecule has 0 saturated heterocycles. The van der Waals surface area contributed by atoms with Gasteiger partial charge in [0, 0.05) is 36.9 Å². The molecule has 0 aliphatic heterocycles. The highest BCUT2D eigenvalue weighted by molar-refractivity contribution is 5.99. The molecule has 1 atom stereocenters. The van der Waals surface area contributed by atoms with E-state index in [-0.39, 0.29) is 0 Å². The van der Waals surface area contributed by atoms with Crippen molar-refractivity contribution in [1.82, 2.24) is 4.98 Å². The molecule has 3 rings (SSSR count). The lowest BCUT2D eigenvalue weighted by Gasteiger charge is -2.20. The SMILES string of the molecule is COc1cc(NC(C)CCCN)c2nccc(C)c2c1OCCCCCc1ccco1.O=C(O)C=CC(=O)O. The number of nitrogens with one attached hydrogen (secondary N) is 1. The Kier molecular flexibility index (Phi) is 13.4. The maximum Gasteiger partial charge on any atom is 0.328 e. The summed E-state index contributed by atoms with van der Waals surface area (Å²) >= 11 is 0. The number of aromatic nitrogens is 1. The maximum absolute atomic E-state index is 9.55. The van der Waals surface area contributed by atoms with Crippen molar-refractivity contribution < 1.29 is 33.7 Å². The van der Waals surface area contributed by atoms with Crippen LogP contribution in [0.25, 0.3) is 10.9 Å². The minimum atomic E-state index is -1.26. The Labute approximate surface area is 228 Å². The van der Waals surface area contributed by atoms with Gasteiger partial charge >= 0.3 is 11.9 Å². The summed E-state index contributed by atoms with van der Waals surface area (Å²) in [4.78, 5) is 23.8. The second-order valence-electron chi connectivity index (χ2n) is 9.03. The Bertz CT molecular complexity index is 1190. The molecule has 0 spiro atoms. The number of benzene rings is 1. The van der Waals surface area contributed by atoms with E-state index >= 15 is 0 Å². The number of hydrogen-bond acceptors (Lipinski definition) is 8. The lowest BCUT2D eigenvalue weighted by atomic mass is 10.1. The van der Waals surface area contributed by atoms with E-state index in [4.69, 9.17) is 29.8 Å². The van der Waals surface area contributed by atoms with Crippen LogP contribution in [0.5, 0.6) is 11.5 Å². The molecule has 5 N–H and O–H groups in total. The van der Waals surface area contributed by atoms with Crippen LogP contribution in [0.15, 0.2) is 53.3 Å². The van der Waals surface area contributed by atoms with Gasteiger partial charge in [-0.15, -0.1) is 0 Å². The van der Waals surface area contributed by atoms with E-state index in [1.165, 1.54) is 0 Å². The average Bonchev–Trinajstić information content (AvgIpc) is 3.43. The highest BCUT2D eigenvalue weighted by Crippen LogP contribution is 2.41. The zero-order valence-corrected chi connectivity index (χ0v) is 22.8. The summed E-state index contributed by atoms with van der Waals surface area (Å²) in [5.41, 5.74) is 8.66. The molecular formula is C29H39N3O7. The van der Waals surface area contributed by atoms with Crippen LogP contribution in [0.1, 0.15) is 50.4 Å². The molecule has 10 nitrogen and oxygen atoms in total. The molecular weight excluding hydrogens is 502 g/mol. The van der Waals surface area contributed by atoms with Gasteiger partial charge in [-0.25, -0.2) is 9.59 Å². The van der Waals surface area contributed by atoms with E-state index in [9.17, 15) is 9.59 Å². The quantitative estimate of drug-likeness (QED) is 0.149. The topological polar surface area (TPSA) is 157 Å². The summed E-state index contributed by atoms with van der Waals surface area (Å²) < 4.78 is 17.4. The van der Waals surface area contributed by atoms with Gasteiger partial charge in [0.2, 0.25) is 0 Å². The van der Waals surface area contributed by atoms with Crippen molar-refractivity contribution in [1.29, 1.82) is 0 Å². The summed E-state index contributed by atoms with van der Waals surface area (Å²) in [5.74, 6) is 0.0286. The maximum atomic E-state index is 9.55. The molecule has 0 amide bonds. The lowest BCUT2D eigenvalue weighted by molar-refractivity contribution is -0.134. The number of nitrogens with two attached hydrogens (primary N) is 1. The van der Waals surface area contributed by atoms with Crippen molar-refractivity contribution in [2.24, 2.45) is 5.73 Å². The van der Waals surface area contributed by atoms with E-state index in [0.717, 1.165) is 77.9 Å². The fourth-order valence-corrected chi connectivity index (χ4v) is 3.95. The first-order chi connectivity index (χ1) is 18.8. The predicted molar refractivity (Wildman–Crippen MR) is 151 cm³/mol. The van der Waals surface area contributed by atoms with Gasteiger partial charge in [0.05, 0.1) is 36.6 Å². The number of rotatable bonds is 15. The number of methoxy groups -OCH3 is 1. The van der Waals surface area contributed by atoms with Gasteiger partial charge in [-0.2, -0.15) is 0 Å². The van der Waals surface area contributed by atoms with E-state index in [2.05, 4.69) is 24.1 Å². The zero-order chi connectivity index (χ0) is 28.6.